The predicted octanol–water partition coefficient (Wildman–Crippen LogP) is 2.94. The zero-order valence-corrected chi connectivity index (χ0v) is 10.5. The summed E-state index contributed by atoms with van der Waals surface area (Å²) in [6.45, 7) is 1.73. The molecule has 1 aliphatic rings. The lowest BCUT2D eigenvalue weighted by molar-refractivity contribution is -0.146. The maximum Gasteiger partial charge on any atom is 0.306 e. The van der Waals surface area contributed by atoms with E-state index in [9.17, 15) is 4.79 Å². The topological polar surface area (TPSA) is 57.9 Å². The summed E-state index contributed by atoms with van der Waals surface area (Å²) in [5, 5.41) is 0.671. The Morgan fingerprint density at radius 3 is 2.63 bits per heavy atom. The monoisotopic (exact) mass is 260 g/mol. The summed E-state index contributed by atoms with van der Waals surface area (Å²) in [6, 6.07) is 5.11. The summed E-state index contributed by atoms with van der Waals surface area (Å²) in [5.41, 5.74) is 1.03. The van der Waals surface area contributed by atoms with Gasteiger partial charge in [-0.1, -0.05) is 0 Å². The Balaban J connectivity index is 2.21. The molecule has 1 aromatic heterocycles. The van der Waals surface area contributed by atoms with Gasteiger partial charge in [0.25, 0.3) is 0 Å². The van der Waals surface area contributed by atoms with E-state index in [0.717, 1.165) is 6.29 Å². The van der Waals surface area contributed by atoms with Gasteiger partial charge in [-0.05, 0) is 18.2 Å². The van der Waals surface area contributed by atoms with Crippen LogP contribution in [-0.4, -0.2) is 13.4 Å². The standard InChI is InChI=1S/C14H12O5/c1-14(17-5-6-18-14)12-7-10-9(8-15)3-4-11(16-2)13(10)19-12/h3-8H,1-2H3. The molecule has 2 aromatic rings. The minimum atomic E-state index is -1.01. The van der Waals surface area contributed by atoms with Crippen LogP contribution in [0.4, 0.5) is 0 Å². The number of benzene rings is 1. The van der Waals surface area contributed by atoms with Crippen LogP contribution >= 0.6 is 0 Å². The first-order valence-corrected chi connectivity index (χ1v) is 5.75. The van der Waals surface area contributed by atoms with Crippen molar-refractivity contribution in [1.82, 2.24) is 0 Å². The van der Waals surface area contributed by atoms with Crippen molar-refractivity contribution < 1.29 is 23.4 Å². The smallest absolute Gasteiger partial charge is 0.306 e. The van der Waals surface area contributed by atoms with Gasteiger partial charge < -0.3 is 18.6 Å². The molecular weight excluding hydrogens is 248 g/mol. The lowest BCUT2D eigenvalue weighted by Crippen LogP contribution is -2.21. The zero-order valence-electron chi connectivity index (χ0n) is 10.5. The van der Waals surface area contributed by atoms with Crippen LogP contribution in [0, 0.1) is 0 Å². The molecule has 0 spiro atoms. The molecule has 98 valence electrons. The van der Waals surface area contributed by atoms with Crippen molar-refractivity contribution >= 4 is 17.3 Å². The highest BCUT2D eigenvalue weighted by atomic mass is 16.7. The fourth-order valence-electron chi connectivity index (χ4n) is 2.07. The van der Waals surface area contributed by atoms with Gasteiger partial charge in [0.2, 0.25) is 0 Å². The molecule has 5 nitrogen and oxygen atoms in total. The number of methoxy groups -OCH3 is 1. The third-order valence-corrected chi connectivity index (χ3v) is 3.12. The number of ether oxygens (including phenoxy) is 3. The normalized spacial score (nSPS) is 16.1. The molecule has 0 unspecified atom stereocenters. The molecule has 2 heterocycles. The minimum absolute atomic E-state index is 0.472. The van der Waals surface area contributed by atoms with Crippen LogP contribution < -0.4 is 4.74 Å². The maximum absolute atomic E-state index is 11.1. The second-order valence-corrected chi connectivity index (χ2v) is 4.28. The highest BCUT2D eigenvalue weighted by Gasteiger charge is 2.36. The average molecular weight is 260 g/mol. The van der Waals surface area contributed by atoms with Gasteiger partial charge in [-0.15, -0.1) is 0 Å². The second kappa shape index (κ2) is 4.05. The molecule has 0 bridgehead atoms. The number of carbonyl (C=O) groups excluding carboxylic acids is 1. The highest BCUT2D eigenvalue weighted by molar-refractivity contribution is 5.98. The summed E-state index contributed by atoms with van der Waals surface area (Å²) in [4.78, 5) is 11.1. The van der Waals surface area contributed by atoms with E-state index in [1.54, 1.807) is 32.2 Å². The highest BCUT2D eigenvalue weighted by Crippen LogP contribution is 2.38. The Bertz CT molecular complexity index is 660. The van der Waals surface area contributed by atoms with Crippen molar-refractivity contribution in [3.63, 3.8) is 0 Å². The summed E-state index contributed by atoms with van der Waals surface area (Å²) in [5.74, 6) is 0.0194. The van der Waals surface area contributed by atoms with Crippen LogP contribution in [0.5, 0.6) is 5.75 Å². The van der Waals surface area contributed by atoms with E-state index in [2.05, 4.69) is 0 Å². The van der Waals surface area contributed by atoms with Gasteiger partial charge in [-0.2, -0.15) is 0 Å². The van der Waals surface area contributed by atoms with Crippen LogP contribution in [0.25, 0.3) is 11.0 Å². The third kappa shape index (κ3) is 1.66. The van der Waals surface area contributed by atoms with Gasteiger partial charge in [0.1, 0.15) is 12.5 Å². The third-order valence-electron chi connectivity index (χ3n) is 3.12. The Hall–Kier alpha value is -2.43. The molecule has 1 aliphatic heterocycles. The van der Waals surface area contributed by atoms with Crippen LogP contribution in [0.1, 0.15) is 23.0 Å². The number of furan rings is 1. The predicted molar refractivity (Wildman–Crippen MR) is 66.8 cm³/mol. The number of carbonyl (C=O) groups is 1. The molecule has 0 amide bonds. The van der Waals surface area contributed by atoms with Crippen LogP contribution in [-0.2, 0) is 15.3 Å². The fourth-order valence-corrected chi connectivity index (χ4v) is 2.07. The van der Waals surface area contributed by atoms with Crippen molar-refractivity contribution in [2.75, 3.05) is 7.11 Å². The average Bonchev–Trinajstić information content (AvgIpc) is 3.04. The Morgan fingerprint density at radius 2 is 2.00 bits per heavy atom. The molecule has 0 saturated heterocycles. The number of fused-ring (bicyclic) bond motifs is 1. The van der Waals surface area contributed by atoms with Crippen LogP contribution in [0.15, 0.2) is 35.1 Å². The van der Waals surface area contributed by atoms with Crippen LogP contribution in [0.2, 0.25) is 0 Å². The lowest BCUT2D eigenvalue weighted by atomic mass is 10.1. The first-order chi connectivity index (χ1) is 9.18. The first-order valence-electron chi connectivity index (χ1n) is 5.75. The molecule has 3 rings (SSSR count). The molecule has 0 saturated carbocycles. The van der Waals surface area contributed by atoms with Crippen molar-refractivity contribution in [3.05, 3.63) is 42.0 Å². The Morgan fingerprint density at radius 1 is 1.26 bits per heavy atom. The summed E-state index contributed by atoms with van der Waals surface area (Å²) in [7, 11) is 1.55. The molecule has 0 fully saturated rings. The minimum Gasteiger partial charge on any atom is -0.493 e. The van der Waals surface area contributed by atoms with Gasteiger partial charge in [0, 0.05) is 17.9 Å². The van der Waals surface area contributed by atoms with E-state index in [4.69, 9.17) is 18.6 Å². The molecule has 0 atom stereocenters. The Kier molecular flexibility index (Phi) is 2.48. The summed E-state index contributed by atoms with van der Waals surface area (Å²) in [6.07, 6.45) is 3.67. The fraction of sp³-hybridized carbons (Fsp3) is 0.214. The quantitative estimate of drug-likeness (QED) is 0.794. The lowest BCUT2D eigenvalue weighted by Gasteiger charge is -2.19. The van der Waals surface area contributed by atoms with Crippen LogP contribution in [0.3, 0.4) is 0 Å². The van der Waals surface area contributed by atoms with Crippen molar-refractivity contribution in [3.8, 4) is 5.75 Å². The SMILES string of the molecule is COc1ccc(C=O)c2cc(C3(C)OC=CO3)oc12. The Labute approximate surface area is 109 Å². The molecule has 19 heavy (non-hydrogen) atoms. The van der Waals surface area contributed by atoms with Crippen molar-refractivity contribution in [1.29, 1.82) is 0 Å². The van der Waals surface area contributed by atoms with Gasteiger partial charge in [-0.3, -0.25) is 4.79 Å². The number of hydrogen-bond acceptors (Lipinski definition) is 5. The number of rotatable bonds is 3. The summed E-state index contributed by atoms with van der Waals surface area (Å²) >= 11 is 0. The molecule has 1 aromatic carbocycles. The van der Waals surface area contributed by atoms with E-state index < -0.39 is 5.79 Å². The van der Waals surface area contributed by atoms with Gasteiger partial charge in [0.15, 0.2) is 23.4 Å². The van der Waals surface area contributed by atoms with Crippen molar-refractivity contribution in [2.24, 2.45) is 0 Å². The van der Waals surface area contributed by atoms with E-state index in [-0.39, 0.29) is 0 Å². The van der Waals surface area contributed by atoms with E-state index in [0.29, 0.717) is 28.0 Å². The molecular formula is C14H12O5. The molecule has 0 N–H and O–H groups in total. The second-order valence-electron chi connectivity index (χ2n) is 4.28. The molecule has 0 aliphatic carbocycles. The maximum atomic E-state index is 11.1. The molecule has 5 heteroatoms. The summed E-state index contributed by atoms with van der Waals surface area (Å²) < 4.78 is 21.7. The largest absolute Gasteiger partial charge is 0.493 e. The van der Waals surface area contributed by atoms with Crippen molar-refractivity contribution in [2.45, 2.75) is 12.7 Å². The van der Waals surface area contributed by atoms with Gasteiger partial charge in [-0.25, -0.2) is 0 Å². The van der Waals surface area contributed by atoms with E-state index in [1.165, 1.54) is 12.5 Å². The van der Waals surface area contributed by atoms with Gasteiger partial charge in [0.05, 0.1) is 7.11 Å². The molecule has 0 radical (unpaired) electrons. The van der Waals surface area contributed by atoms with E-state index in [1.807, 2.05) is 0 Å². The first kappa shape index (κ1) is 11.6. The zero-order chi connectivity index (χ0) is 13.5. The number of aldehydes is 1. The van der Waals surface area contributed by atoms with E-state index >= 15 is 0 Å². The van der Waals surface area contributed by atoms with Gasteiger partial charge >= 0.3 is 5.79 Å². The number of hydrogen-bond donors (Lipinski definition) is 0.